The minimum atomic E-state index is 0.0496. The van der Waals surface area contributed by atoms with Crippen molar-refractivity contribution in [3.8, 4) is 0 Å². The van der Waals surface area contributed by atoms with E-state index in [0.717, 1.165) is 5.56 Å². The Morgan fingerprint density at radius 2 is 2.12 bits per heavy atom. The lowest BCUT2D eigenvalue weighted by molar-refractivity contribution is -0.125. The van der Waals surface area contributed by atoms with Gasteiger partial charge < -0.3 is 0 Å². The molecule has 0 fully saturated rings. The minimum absolute atomic E-state index is 0.0496. The third-order valence-corrected chi connectivity index (χ3v) is 2.91. The number of aliphatic imine (C=N–C) groups is 1. The van der Waals surface area contributed by atoms with Crippen LogP contribution in [0.15, 0.2) is 29.3 Å². The number of halogens is 1. The van der Waals surface area contributed by atoms with Crippen molar-refractivity contribution in [2.45, 2.75) is 13.8 Å². The van der Waals surface area contributed by atoms with Crippen molar-refractivity contribution in [3.05, 3.63) is 34.9 Å². The normalized spacial score (nSPS) is 15.6. The number of hydrogen-bond acceptors (Lipinski definition) is 2. The van der Waals surface area contributed by atoms with Crippen molar-refractivity contribution in [3.63, 3.8) is 0 Å². The first-order chi connectivity index (χ1) is 8.09. The highest BCUT2D eigenvalue weighted by Gasteiger charge is 2.27. The Morgan fingerprint density at radius 3 is 2.76 bits per heavy atom. The van der Waals surface area contributed by atoms with Crippen molar-refractivity contribution >= 4 is 23.3 Å². The average molecular weight is 251 g/mol. The predicted octanol–water partition coefficient (Wildman–Crippen LogP) is 2.58. The first-order valence-corrected chi connectivity index (χ1v) is 6.07. The molecule has 0 spiro atoms. The van der Waals surface area contributed by atoms with Gasteiger partial charge in [0.15, 0.2) is 0 Å². The van der Waals surface area contributed by atoms with Crippen LogP contribution in [0, 0.1) is 5.92 Å². The van der Waals surface area contributed by atoms with Crippen molar-refractivity contribution in [2.75, 3.05) is 13.1 Å². The van der Waals surface area contributed by atoms with Gasteiger partial charge in [-0.1, -0.05) is 37.6 Å². The van der Waals surface area contributed by atoms with Crippen LogP contribution in [-0.2, 0) is 4.79 Å². The lowest BCUT2D eigenvalue weighted by atomic mass is 10.1. The van der Waals surface area contributed by atoms with Crippen molar-refractivity contribution in [2.24, 2.45) is 10.9 Å². The van der Waals surface area contributed by atoms with E-state index >= 15 is 0 Å². The van der Waals surface area contributed by atoms with Crippen molar-refractivity contribution < 1.29 is 4.79 Å². The molecular formula is C13H15ClN2O. The summed E-state index contributed by atoms with van der Waals surface area (Å²) >= 11 is 6.14. The highest BCUT2D eigenvalue weighted by atomic mass is 35.5. The van der Waals surface area contributed by atoms with Gasteiger partial charge in [-0.2, -0.15) is 0 Å². The Hall–Kier alpha value is -1.35. The largest absolute Gasteiger partial charge is 0.295 e. The van der Waals surface area contributed by atoms with Crippen LogP contribution in [0.5, 0.6) is 0 Å². The average Bonchev–Trinajstić information content (AvgIpc) is 2.61. The molecule has 2 rings (SSSR count). The van der Waals surface area contributed by atoms with Gasteiger partial charge in [-0.3, -0.25) is 14.7 Å². The summed E-state index contributed by atoms with van der Waals surface area (Å²) in [6.07, 6.45) is 0. The quantitative estimate of drug-likeness (QED) is 0.812. The molecule has 0 unspecified atom stereocenters. The van der Waals surface area contributed by atoms with Crippen molar-refractivity contribution in [1.29, 1.82) is 0 Å². The van der Waals surface area contributed by atoms with Gasteiger partial charge in [0.05, 0.1) is 5.02 Å². The van der Waals surface area contributed by atoms with E-state index < -0.39 is 0 Å². The number of carbonyl (C=O) groups is 1. The van der Waals surface area contributed by atoms with E-state index in [1.807, 2.05) is 24.3 Å². The highest BCUT2D eigenvalue weighted by molar-refractivity contribution is 6.34. The second kappa shape index (κ2) is 4.88. The second-order valence-corrected chi connectivity index (χ2v) is 4.93. The maximum absolute atomic E-state index is 11.8. The molecule has 0 N–H and O–H groups in total. The third-order valence-electron chi connectivity index (χ3n) is 2.58. The summed E-state index contributed by atoms with van der Waals surface area (Å²) in [6, 6.07) is 7.49. The standard InChI is InChI=1S/C13H15ClN2O/c1-9(2)8-16-12(17)7-15-13(16)10-5-3-4-6-11(10)14/h3-6,9H,7-8H2,1-2H3. The number of amides is 1. The SMILES string of the molecule is CC(C)CN1C(=O)CN=C1c1ccccc1Cl. The van der Waals surface area contributed by atoms with Gasteiger partial charge in [-0.25, -0.2) is 0 Å². The molecule has 0 aliphatic carbocycles. The zero-order chi connectivity index (χ0) is 12.4. The smallest absolute Gasteiger partial charge is 0.249 e. The molecule has 1 amide bonds. The lowest BCUT2D eigenvalue weighted by Crippen LogP contribution is -2.36. The van der Waals surface area contributed by atoms with E-state index in [2.05, 4.69) is 18.8 Å². The van der Waals surface area contributed by atoms with E-state index in [1.54, 1.807) is 4.90 Å². The van der Waals surface area contributed by atoms with Gasteiger partial charge in [0.2, 0.25) is 5.91 Å². The van der Waals surface area contributed by atoms with Crippen LogP contribution >= 0.6 is 11.6 Å². The molecule has 0 saturated carbocycles. The molecule has 1 aliphatic heterocycles. The first-order valence-electron chi connectivity index (χ1n) is 5.69. The Bertz CT molecular complexity index is 468. The van der Waals surface area contributed by atoms with Crippen LogP contribution in [0.1, 0.15) is 19.4 Å². The molecule has 1 heterocycles. The maximum Gasteiger partial charge on any atom is 0.249 e. The topological polar surface area (TPSA) is 32.7 Å². The van der Waals surface area contributed by atoms with E-state index in [1.165, 1.54) is 0 Å². The first kappa shape index (κ1) is 12.1. The summed E-state index contributed by atoms with van der Waals surface area (Å²) in [5.74, 6) is 1.16. The zero-order valence-electron chi connectivity index (χ0n) is 9.98. The van der Waals surface area contributed by atoms with E-state index in [0.29, 0.717) is 23.3 Å². The Morgan fingerprint density at radius 1 is 1.41 bits per heavy atom. The Labute approximate surface area is 106 Å². The van der Waals surface area contributed by atoms with Crippen LogP contribution < -0.4 is 0 Å². The second-order valence-electron chi connectivity index (χ2n) is 4.52. The van der Waals surface area contributed by atoms with Gasteiger partial charge in [-0.15, -0.1) is 0 Å². The lowest BCUT2D eigenvalue weighted by Gasteiger charge is -2.21. The monoisotopic (exact) mass is 250 g/mol. The summed E-state index contributed by atoms with van der Waals surface area (Å²) < 4.78 is 0. The number of rotatable bonds is 3. The number of hydrogen-bond donors (Lipinski definition) is 0. The number of benzene rings is 1. The van der Waals surface area contributed by atoms with Crippen LogP contribution in [0.4, 0.5) is 0 Å². The molecule has 0 saturated heterocycles. The van der Waals surface area contributed by atoms with Crippen LogP contribution in [-0.4, -0.2) is 29.7 Å². The maximum atomic E-state index is 11.8. The molecule has 0 radical (unpaired) electrons. The predicted molar refractivity (Wildman–Crippen MR) is 69.4 cm³/mol. The molecule has 1 aliphatic rings. The third kappa shape index (κ3) is 2.50. The Balaban J connectivity index is 2.32. The number of carbonyl (C=O) groups excluding carboxylic acids is 1. The van der Waals surface area contributed by atoms with Crippen molar-refractivity contribution in [1.82, 2.24) is 4.90 Å². The van der Waals surface area contributed by atoms with Crippen LogP contribution in [0.3, 0.4) is 0 Å². The number of amidine groups is 1. The Kier molecular flexibility index (Phi) is 3.48. The molecule has 3 nitrogen and oxygen atoms in total. The van der Waals surface area contributed by atoms with E-state index in [-0.39, 0.29) is 12.5 Å². The molecule has 4 heteroatoms. The van der Waals surface area contributed by atoms with Gasteiger partial charge in [-0.05, 0) is 18.1 Å². The fourth-order valence-electron chi connectivity index (χ4n) is 1.86. The highest BCUT2D eigenvalue weighted by Crippen LogP contribution is 2.21. The summed E-state index contributed by atoms with van der Waals surface area (Å²) in [7, 11) is 0. The molecule has 0 atom stereocenters. The fraction of sp³-hybridized carbons (Fsp3) is 0.385. The molecule has 1 aromatic rings. The fourth-order valence-corrected chi connectivity index (χ4v) is 2.08. The zero-order valence-corrected chi connectivity index (χ0v) is 10.7. The van der Waals surface area contributed by atoms with Crippen LogP contribution in [0.2, 0.25) is 5.02 Å². The molecule has 1 aromatic carbocycles. The van der Waals surface area contributed by atoms with E-state index in [9.17, 15) is 4.79 Å². The molecule has 90 valence electrons. The van der Waals surface area contributed by atoms with Gasteiger partial charge in [0, 0.05) is 12.1 Å². The molecule has 0 bridgehead atoms. The summed E-state index contributed by atoms with van der Waals surface area (Å²) in [5.41, 5.74) is 0.834. The summed E-state index contributed by atoms with van der Waals surface area (Å²) in [4.78, 5) is 17.8. The summed E-state index contributed by atoms with van der Waals surface area (Å²) in [5, 5.41) is 0.634. The van der Waals surface area contributed by atoms with Gasteiger partial charge >= 0.3 is 0 Å². The minimum Gasteiger partial charge on any atom is -0.295 e. The van der Waals surface area contributed by atoms with Crippen LogP contribution in [0.25, 0.3) is 0 Å². The number of nitrogens with zero attached hydrogens (tertiary/aromatic N) is 2. The van der Waals surface area contributed by atoms with Gasteiger partial charge in [0.1, 0.15) is 12.4 Å². The molecular weight excluding hydrogens is 236 g/mol. The molecule has 0 aromatic heterocycles. The van der Waals surface area contributed by atoms with E-state index in [4.69, 9.17) is 11.6 Å². The summed E-state index contributed by atoms with van der Waals surface area (Å²) in [6.45, 7) is 5.07. The molecule has 17 heavy (non-hydrogen) atoms. The van der Waals surface area contributed by atoms with Gasteiger partial charge in [0.25, 0.3) is 0 Å².